The van der Waals surface area contributed by atoms with E-state index < -0.39 is 0 Å². The Labute approximate surface area is 175 Å². The van der Waals surface area contributed by atoms with E-state index in [2.05, 4.69) is 20.4 Å². The van der Waals surface area contributed by atoms with Crippen LogP contribution in [0.1, 0.15) is 23.0 Å². The topological polar surface area (TPSA) is 89.7 Å². The van der Waals surface area contributed by atoms with Gasteiger partial charge in [-0.15, -0.1) is 0 Å². The van der Waals surface area contributed by atoms with E-state index in [-0.39, 0.29) is 11.9 Å². The first-order valence-electron chi connectivity index (χ1n) is 10.1. The van der Waals surface area contributed by atoms with Crippen molar-refractivity contribution in [2.75, 3.05) is 40.0 Å². The summed E-state index contributed by atoms with van der Waals surface area (Å²) in [7, 11) is 1.61. The van der Waals surface area contributed by atoms with Crippen LogP contribution < -0.4 is 10.1 Å². The summed E-state index contributed by atoms with van der Waals surface area (Å²) in [6.07, 6.45) is 0. The zero-order valence-electron chi connectivity index (χ0n) is 17.5. The summed E-state index contributed by atoms with van der Waals surface area (Å²) in [6.45, 7) is 7.84. The lowest BCUT2D eigenvalue weighted by atomic mass is 10.0. The first-order chi connectivity index (χ1) is 14.5. The molecule has 1 aliphatic heterocycles. The third-order valence-electron chi connectivity index (χ3n) is 5.18. The first-order valence-corrected chi connectivity index (χ1v) is 10.1. The van der Waals surface area contributed by atoms with E-state index in [4.69, 9.17) is 14.0 Å². The number of ether oxygens (including phenoxy) is 2. The van der Waals surface area contributed by atoms with Crippen LogP contribution in [0.4, 0.5) is 0 Å². The molecule has 1 fully saturated rings. The zero-order chi connectivity index (χ0) is 21.1. The average Bonchev–Trinajstić information content (AvgIpc) is 3.17. The highest BCUT2D eigenvalue weighted by atomic mass is 16.5. The van der Waals surface area contributed by atoms with Gasteiger partial charge in [-0.05, 0) is 32.0 Å². The molecule has 0 saturated carbocycles. The van der Waals surface area contributed by atoms with Crippen LogP contribution in [0.2, 0.25) is 0 Å². The van der Waals surface area contributed by atoms with Gasteiger partial charge in [0.1, 0.15) is 11.4 Å². The van der Waals surface area contributed by atoms with Crippen molar-refractivity contribution in [3.05, 3.63) is 41.6 Å². The number of aryl methyl sites for hydroxylation is 1. The molecule has 0 spiro atoms. The number of nitrogens with one attached hydrogen (secondary N) is 1. The second-order valence-corrected chi connectivity index (χ2v) is 7.54. The van der Waals surface area contributed by atoms with E-state index >= 15 is 0 Å². The van der Waals surface area contributed by atoms with Crippen molar-refractivity contribution in [1.29, 1.82) is 0 Å². The minimum absolute atomic E-state index is 0.0146. The maximum Gasteiger partial charge on any atom is 0.259 e. The summed E-state index contributed by atoms with van der Waals surface area (Å²) in [6, 6.07) is 9.26. The van der Waals surface area contributed by atoms with Crippen molar-refractivity contribution in [2.45, 2.75) is 19.9 Å². The lowest BCUT2D eigenvalue weighted by Gasteiger charge is -2.29. The van der Waals surface area contributed by atoms with Gasteiger partial charge in [0, 0.05) is 36.9 Å². The maximum absolute atomic E-state index is 13.2. The molecule has 1 saturated heterocycles. The molecule has 4 rings (SSSR count). The number of morpholine rings is 1. The Balaban J connectivity index is 1.64. The molecule has 3 heterocycles. The molecule has 8 nitrogen and oxygen atoms in total. The Morgan fingerprint density at radius 2 is 2.10 bits per heavy atom. The molecule has 3 aromatic rings. The highest BCUT2D eigenvalue weighted by Gasteiger charge is 2.23. The van der Waals surface area contributed by atoms with Crippen molar-refractivity contribution in [2.24, 2.45) is 0 Å². The summed E-state index contributed by atoms with van der Waals surface area (Å²) < 4.78 is 16.2. The van der Waals surface area contributed by atoms with Crippen LogP contribution in [0.3, 0.4) is 0 Å². The van der Waals surface area contributed by atoms with E-state index in [0.717, 1.165) is 38.4 Å². The molecule has 1 atom stereocenters. The third kappa shape index (κ3) is 4.29. The number of nitrogens with zero attached hydrogens (tertiary/aromatic N) is 3. The zero-order valence-corrected chi connectivity index (χ0v) is 17.5. The number of aromatic nitrogens is 2. The van der Waals surface area contributed by atoms with Gasteiger partial charge < -0.3 is 19.3 Å². The normalized spacial score (nSPS) is 15.8. The summed E-state index contributed by atoms with van der Waals surface area (Å²) in [4.78, 5) is 19.9. The highest BCUT2D eigenvalue weighted by molar-refractivity contribution is 6.09. The number of methoxy groups -OCH3 is 1. The minimum atomic E-state index is -0.168. The summed E-state index contributed by atoms with van der Waals surface area (Å²) in [5.74, 6) is 0.535. The second-order valence-electron chi connectivity index (χ2n) is 7.54. The summed E-state index contributed by atoms with van der Waals surface area (Å²) in [5.41, 5.74) is 2.92. The molecule has 0 bridgehead atoms. The molecule has 0 radical (unpaired) electrons. The quantitative estimate of drug-likeness (QED) is 0.668. The van der Waals surface area contributed by atoms with E-state index in [0.29, 0.717) is 33.8 Å². The summed E-state index contributed by atoms with van der Waals surface area (Å²) >= 11 is 0. The van der Waals surface area contributed by atoms with Gasteiger partial charge in [-0.2, -0.15) is 0 Å². The molecule has 1 N–H and O–H groups in total. The van der Waals surface area contributed by atoms with Crippen LogP contribution in [-0.2, 0) is 4.74 Å². The van der Waals surface area contributed by atoms with E-state index in [9.17, 15) is 4.79 Å². The van der Waals surface area contributed by atoms with Gasteiger partial charge in [0.05, 0.1) is 31.3 Å². The van der Waals surface area contributed by atoms with Crippen LogP contribution >= 0.6 is 0 Å². The standard InChI is InChI=1S/C22H26N4O4/c1-14-11-18(21(27)23-15(2)13-26-7-9-29-10-8-26)19-20(25-30-22(19)24-14)16-5-4-6-17(12-16)28-3/h4-6,11-12,15H,7-10,13H2,1-3H3,(H,23,27)/t15-/m0/s1. The van der Waals surface area contributed by atoms with E-state index in [1.807, 2.05) is 38.1 Å². The largest absolute Gasteiger partial charge is 0.497 e. The minimum Gasteiger partial charge on any atom is -0.497 e. The van der Waals surface area contributed by atoms with Gasteiger partial charge in [-0.25, -0.2) is 4.98 Å². The van der Waals surface area contributed by atoms with Crippen LogP contribution in [0.25, 0.3) is 22.4 Å². The fourth-order valence-electron chi connectivity index (χ4n) is 3.74. The number of amides is 1. The van der Waals surface area contributed by atoms with Gasteiger partial charge >= 0.3 is 0 Å². The Hall–Kier alpha value is -2.97. The molecule has 1 aliphatic rings. The maximum atomic E-state index is 13.2. The molecular formula is C22H26N4O4. The van der Waals surface area contributed by atoms with Crippen LogP contribution in [0, 0.1) is 6.92 Å². The van der Waals surface area contributed by atoms with E-state index in [1.165, 1.54) is 0 Å². The Bertz CT molecular complexity index is 1040. The molecule has 30 heavy (non-hydrogen) atoms. The number of carbonyl (C=O) groups is 1. The number of hydrogen-bond acceptors (Lipinski definition) is 7. The Morgan fingerprint density at radius 3 is 2.87 bits per heavy atom. The van der Waals surface area contributed by atoms with Crippen LogP contribution in [-0.4, -0.2) is 66.9 Å². The smallest absolute Gasteiger partial charge is 0.259 e. The van der Waals surface area contributed by atoms with Gasteiger partial charge in [-0.3, -0.25) is 9.69 Å². The molecular weight excluding hydrogens is 384 g/mol. The number of hydrogen-bond donors (Lipinski definition) is 1. The number of benzene rings is 1. The average molecular weight is 410 g/mol. The van der Waals surface area contributed by atoms with Crippen molar-refractivity contribution < 1.29 is 18.8 Å². The molecule has 8 heteroatoms. The second kappa shape index (κ2) is 8.81. The van der Waals surface area contributed by atoms with Crippen molar-refractivity contribution in [1.82, 2.24) is 20.4 Å². The van der Waals surface area contributed by atoms with Gasteiger partial charge in [0.25, 0.3) is 11.6 Å². The molecule has 1 aromatic carbocycles. The lowest BCUT2D eigenvalue weighted by molar-refractivity contribution is 0.0342. The molecule has 1 amide bonds. The SMILES string of the molecule is COc1cccc(-c2noc3nc(C)cc(C(=O)N[C@@H](C)CN4CCOCC4)c23)c1. The van der Waals surface area contributed by atoms with E-state index in [1.54, 1.807) is 13.2 Å². The van der Waals surface area contributed by atoms with Gasteiger partial charge in [0.15, 0.2) is 0 Å². The fraction of sp³-hybridized carbons (Fsp3) is 0.409. The molecule has 2 aromatic heterocycles. The number of carbonyl (C=O) groups excluding carboxylic acids is 1. The number of rotatable bonds is 6. The molecule has 0 unspecified atom stereocenters. The molecule has 0 aliphatic carbocycles. The first kappa shape index (κ1) is 20.3. The summed E-state index contributed by atoms with van der Waals surface area (Å²) in [5, 5.41) is 7.92. The predicted molar refractivity (Wildman–Crippen MR) is 113 cm³/mol. The van der Waals surface area contributed by atoms with Gasteiger partial charge in [-0.1, -0.05) is 17.3 Å². The van der Waals surface area contributed by atoms with Crippen molar-refractivity contribution >= 4 is 17.0 Å². The van der Waals surface area contributed by atoms with Gasteiger partial charge in [0.2, 0.25) is 0 Å². The van der Waals surface area contributed by atoms with Crippen LogP contribution in [0.5, 0.6) is 5.75 Å². The Kier molecular flexibility index (Phi) is 5.96. The monoisotopic (exact) mass is 410 g/mol. The number of pyridine rings is 1. The fourth-order valence-corrected chi connectivity index (χ4v) is 3.74. The highest BCUT2D eigenvalue weighted by Crippen LogP contribution is 2.32. The third-order valence-corrected chi connectivity index (χ3v) is 5.18. The lowest BCUT2D eigenvalue weighted by Crippen LogP contribution is -2.46. The van der Waals surface area contributed by atoms with Crippen molar-refractivity contribution in [3.8, 4) is 17.0 Å². The number of fused-ring (bicyclic) bond motifs is 1. The Morgan fingerprint density at radius 1 is 1.30 bits per heavy atom. The molecule has 158 valence electrons. The van der Waals surface area contributed by atoms with Crippen LogP contribution in [0.15, 0.2) is 34.9 Å². The van der Waals surface area contributed by atoms with Crippen molar-refractivity contribution in [3.63, 3.8) is 0 Å². The predicted octanol–water partition coefficient (Wildman–Crippen LogP) is 2.66.